The fraction of sp³-hybridized carbons (Fsp3) is 0.889. The molecule has 0 N–H and O–H groups in total. The second-order valence-electron chi connectivity index (χ2n) is 8.14. The smallest absolute Gasteiger partial charge is 0.139 e. The molecule has 0 heterocycles. The van der Waals surface area contributed by atoms with E-state index in [4.69, 9.17) is 0 Å². The van der Waals surface area contributed by atoms with Gasteiger partial charge in [-0.05, 0) is 83.7 Å². The van der Waals surface area contributed by atoms with Gasteiger partial charge in [-0.1, -0.05) is 12.2 Å². The molecule has 0 aliphatic carbocycles. The van der Waals surface area contributed by atoms with Gasteiger partial charge in [-0.2, -0.15) is 0 Å². The number of quaternary nitrogens is 2. The highest BCUT2D eigenvalue weighted by Gasteiger charge is 2.19. The maximum atomic E-state index is 2.59. The average Bonchev–Trinajstić information content (AvgIpc) is 2.38. The van der Waals surface area contributed by atoms with E-state index >= 15 is 0 Å². The number of alkyl halides is 2. The van der Waals surface area contributed by atoms with E-state index in [1.54, 1.807) is 0 Å². The fourth-order valence-corrected chi connectivity index (χ4v) is 3.04. The van der Waals surface area contributed by atoms with Crippen molar-refractivity contribution >= 4 is 45.2 Å². The van der Waals surface area contributed by atoms with Crippen molar-refractivity contribution in [3.63, 3.8) is 0 Å². The molecule has 0 spiro atoms. The SMILES string of the molecule is C[N+](C)(C)C(I)CCCCC=CCCCCC(I)[N+](C)(C)C. The first-order chi connectivity index (χ1) is 10.0. The Hall–Kier alpha value is 1.12. The summed E-state index contributed by atoms with van der Waals surface area (Å²) in [6.45, 7) is 0. The highest BCUT2D eigenvalue weighted by Crippen LogP contribution is 2.19. The van der Waals surface area contributed by atoms with Gasteiger partial charge < -0.3 is 8.97 Å². The van der Waals surface area contributed by atoms with Crippen LogP contribution in [0.1, 0.15) is 51.4 Å². The lowest BCUT2D eigenvalue weighted by Gasteiger charge is -2.30. The van der Waals surface area contributed by atoms with Gasteiger partial charge in [0.15, 0.2) is 0 Å². The van der Waals surface area contributed by atoms with Crippen LogP contribution < -0.4 is 0 Å². The van der Waals surface area contributed by atoms with Gasteiger partial charge in [0.05, 0.1) is 42.3 Å². The molecule has 0 fully saturated rings. The molecule has 0 aromatic rings. The molecule has 2 atom stereocenters. The lowest BCUT2D eigenvalue weighted by Crippen LogP contribution is -2.41. The normalized spacial score (nSPS) is 16.2. The summed E-state index contributed by atoms with van der Waals surface area (Å²) in [6.07, 6.45) is 15.4. The zero-order chi connectivity index (χ0) is 17.2. The lowest BCUT2D eigenvalue weighted by molar-refractivity contribution is -0.876. The van der Waals surface area contributed by atoms with Crippen LogP contribution >= 0.6 is 45.2 Å². The average molecular weight is 536 g/mol. The predicted octanol–water partition coefficient (Wildman–Crippen LogP) is 5.60. The Bertz CT molecular complexity index is 273. The molecule has 22 heavy (non-hydrogen) atoms. The molecule has 0 saturated heterocycles. The van der Waals surface area contributed by atoms with Crippen LogP contribution in [0.3, 0.4) is 0 Å². The second-order valence-corrected chi connectivity index (χ2v) is 11.0. The van der Waals surface area contributed by atoms with Crippen LogP contribution in [0.25, 0.3) is 0 Å². The third-order valence-electron chi connectivity index (χ3n) is 3.97. The molecule has 0 aromatic carbocycles. The van der Waals surface area contributed by atoms with Crippen molar-refractivity contribution in [2.45, 2.75) is 59.5 Å². The minimum absolute atomic E-state index is 0.740. The molecule has 2 unspecified atom stereocenters. The number of unbranched alkanes of at least 4 members (excludes halogenated alkanes) is 4. The van der Waals surface area contributed by atoms with Crippen molar-refractivity contribution < 1.29 is 8.97 Å². The first kappa shape index (κ1) is 23.1. The Morgan fingerprint density at radius 3 is 1.23 bits per heavy atom. The summed E-state index contributed by atoms with van der Waals surface area (Å²) in [6, 6.07) is 0. The summed E-state index contributed by atoms with van der Waals surface area (Å²) < 4.78 is 3.62. The first-order valence-electron chi connectivity index (χ1n) is 8.60. The van der Waals surface area contributed by atoms with Crippen molar-refractivity contribution in [1.82, 2.24) is 0 Å². The van der Waals surface area contributed by atoms with Crippen LogP contribution in [0.15, 0.2) is 12.2 Å². The van der Waals surface area contributed by atoms with E-state index in [1.165, 1.54) is 51.4 Å². The molecule has 0 saturated carbocycles. The molecule has 2 nitrogen and oxygen atoms in total. The highest BCUT2D eigenvalue weighted by atomic mass is 127. The van der Waals surface area contributed by atoms with Gasteiger partial charge in [0.1, 0.15) is 8.10 Å². The highest BCUT2D eigenvalue weighted by molar-refractivity contribution is 14.1. The summed E-state index contributed by atoms with van der Waals surface area (Å²) in [5.74, 6) is 0. The summed E-state index contributed by atoms with van der Waals surface area (Å²) in [5.41, 5.74) is 0. The predicted molar refractivity (Wildman–Crippen MR) is 118 cm³/mol. The molecular formula is C18H38I2N2+2. The lowest BCUT2D eigenvalue weighted by atomic mass is 10.1. The van der Waals surface area contributed by atoms with Crippen molar-refractivity contribution in [1.29, 1.82) is 0 Å². The van der Waals surface area contributed by atoms with Gasteiger partial charge in [0.25, 0.3) is 0 Å². The van der Waals surface area contributed by atoms with Gasteiger partial charge in [-0.15, -0.1) is 0 Å². The summed E-state index contributed by atoms with van der Waals surface area (Å²) in [5, 5.41) is 0. The van der Waals surface area contributed by atoms with Crippen LogP contribution in [0.5, 0.6) is 0 Å². The summed E-state index contributed by atoms with van der Waals surface area (Å²) >= 11 is 5.19. The van der Waals surface area contributed by atoms with Crippen molar-refractivity contribution in [2.24, 2.45) is 0 Å². The van der Waals surface area contributed by atoms with Crippen molar-refractivity contribution in [2.75, 3.05) is 42.3 Å². The molecule has 0 aromatic heterocycles. The Kier molecular flexibility index (Phi) is 12.2. The number of hydrogen-bond acceptors (Lipinski definition) is 0. The monoisotopic (exact) mass is 536 g/mol. The third kappa shape index (κ3) is 12.5. The number of nitrogens with zero attached hydrogens (tertiary/aromatic N) is 2. The second kappa shape index (κ2) is 11.6. The zero-order valence-electron chi connectivity index (χ0n) is 15.6. The molecule has 0 amide bonds. The van der Waals surface area contributed by atoms with Gasteiger partial charge in [0.2, 0.25) is 0 Å². The minimum atomic E-state index is 0.740. The topological polar surface area (TPSA) is 0 Å². The molecule has 0 aliphatic heterocycles. The van der Waals surface area contributed by atoms with E-state index in [9.17, 15) is 0 Å². The van der Waals surface area contributed by atoms with Crippen LogP contribution in [-0.4, -0.2) is 59.3 Å². The number of halogens is 2. The number of hydrogen-bond donors (Lipinski definition) is 0. The van der Waals surface area contributed by atoms with Crippen LogP contribution in [-0.2, 0) is 0 Å². The Labute approximate surface area is 167 Å². The number of allylic oxidation sites excluding steroid dienone is 2. The zero-order valence-corrected chi connectivity index (χ0v) is 19.9. The largest absolute Gasteiger partial charge is 0.320 e. The van der Waals surface area contributed by atoms with Crippen molar-refractivity contribution in [3.8, 4) is 0 Å². The standard InChI is InChI=1S/C18H38I2N2/c1-21(2,3)17(19)15-13-11-9-7-8-10-12-14-16-18(20)22(4,5)6/h7-8,17-18H,9-16H2,1-6H3/q+2. The quantitative estimate of drug-likeness (QED) is 0.0762. The Balaban J connectivity index is 3.50. The molecule has 0 radical (unpaired) electrons. The van der Waals surface area contributed by atoms with Gasteiger partial charge in [-0.25, -0.2) is 0 Å². The van der Waals surface area contributed by atoms with Crippen molar-refractivity contribution in [3.05, 3.63) is 12.2 Å². The molecule has 132 valence electrons. The van der Waals surface area contributed by atoms with E-state index in [0.717, 1.165) is 17.1 Å². The molecule has 0 bridgehead atoms. The summed E-state index contributed by atoms with van der Waals surface area (Å²) in [7, 11) is 13.7. The van der Waals surface area contributed by atoms with Gasteiger partial charge in [-0.3, -0.25) is 0 Å². The van der Waals surface area contributed by atoms with E-state index in [-0.39, 0.29) is 0 Å². The van der Waals surface area contributed by atoms with Crippen LogP contribution in [0.2, 0.25) is 0 Å². The Morgan fingerprint density at radius 2 is 0.955 bits per heavy atom. The van der Waals surface area contributed by atoms with E-state index in [2.05, 4.69) is 99.6 Å². The third-order valence-corrected chi connectivity index (χ3v) is 8.56. The number of rotatable bonds is 12. The Morgan fingerprint density at radius 1 is 0.636 bits per heavy atom. The molecule has 0 rings (SSSR count). The first-order valence-corrected chi connectivity index (χ1v) is 11.1. The molecule has 0 aliphatic rings. The van der Waals surface area contributed by atoms with E-state index in [1.807, 2.05) is 0 Å². The van der Waals surface area contributed by atoms with E-state index < -0.39 is 0 Å². The van der Waals surface area contributed by atoms with E-state index in [0.29, 0.717) is 0 Å². The minimum Gasteiger partial charge on any atom is -0.320 e. The maximum Gasteiger partial charge on any atom is 0.139 e. The van der Waals surface area contributed by atoms with Gasteiger partial charge in [0, 0.05) is 12.8 Å². The summed E-state index contributed by atoms with van der Waals surface area (Å²) in [4.78, 5) is 0. The van der Waals surface area contributed by atoms with Gasteiger partial charge >= 0.3 is 0 Å². The maximum absolute atomic E-state index is 2.59. The fourth-order valence-electron chi connectivity index (χ4n) is 2.16. The molecular weight excluding hydrogens is 498 g/mol. The molecule has 4 heteroatoms. The van der Waals surface area contributed by atoms with Crippen LogP contribution in [0.4, 0.5) is 0 Å². The van der Waals surface area contributed by atoms with Crippen LogP contribution in [0, 0.1) is 0 Å².